The van der Waals surface area contributed by atoms with Gasteiger partial charge in [0.2, 0.25) is 0 Å². The van der Waals surface area contributed by atoms with E-state index in [4.69, 9.17) is 11.6 Å². The van der Waals surface area contributed by atoms with Gasteiger partial charge in [0, 0.05) is 5.02 Å². The van der Waals surface area contributed by atoms with E-state index >= 15 is 0 Å². The lowest BCUT2D eigenvalue weighted by Gasteiger charge is -2.24. The maximum absolute atomic E-state index is 13.4. The molecule has 32 heavy (non-hydrogen) atoms. The highest BCUT2D eigenvalue weighted by Gasteiger charge is 2.27. The van der Waals surface area contributed by atoms with E-state index in [0.717, 1.165) is 21.0 Å². The van der Waals surface area contributed by atoms with Gasteiger partial charge in [-0.3, -0.25) is 9.10 Å². The summed E-state index contributed by atoms with van der Waals surface area (Å²) < 4.78 is 28.0. The molecule has 0 aliphatic heterocycles. The summed E-state index contributed by atoms with van der Waals surface area (Å²) in [5.41, 5.74) is 6.24. The Morgan fingerprint density at radius 3 is 2.25 bits per heavy atom. The molecule has 0 saturated carbocycles. The SMILES string of the molecule is Cc1ccc(S(=O)(=O)N(CC(=O)N/N=C\c2cccc(Cl)c2)c2cc(C)cc(C)c2)cc1. The van der Waals surface area contributed by atoms with E-state index in [-0.39, 0.29) is 4.90 Å². The van der Waals surface area contributed by atoms with Gasteiger partial charge in [-0.1, -0.05) is 47.5 Å². The second-order valence-electron chi connectivity index (χ2n) is 7.52. The minimum Gasteiger partial charge on any atom is -0.271 e. The van der Waals surface area contributed by atoms with Gasteiger partial charge in [-0.2, -0.15) is 5.10 Å². The fourth-order valence-electron chi connectivity index (χ4n) is 3.18. The third kappa shape index (κ3) is 5.96. The summed E-state index contributed by atoms with van der Waals surface area (Å²) in [5, 5.41) is 4.47. The van der Waals surface area contributed by atoms with Crippen molar-refractivity contribution in [3.05, 3.63) is 94.0 Å². The largest absolute Gasteiger partial charge is 0.271 e. The monoisotopic (exact) mass is 469 g/mol. The number of hydrazone groups is 1. The van der Waals surface area contributed by atoms with Crippen molar-refractivity contribution in [2.75, 3.05) is 10.8 Å². The van der Waals surface area contributed by atoms with Crippen LogP contribution in [0, 0.1) is 20.8 Å². The number of hydrogen-bond acceptors (Lipinski definition) is 4. The van der Waals surface area contributed by atoms with Gasteiger partial charge in [0.1, 0.15) is 6.54 Å². The molecule has 6 nitrogen and oxygen atoms in total. The highest BCUT2D eigenvalue weighted by Crippen LogP contribution is 2.26. The van der Waals surface area contributed by atoms with Gasteiger partial charge < -0.3 is 0 Å². The van der Waals surface area contributed by atoms with Crippen LogP contribution in [0.3, 0.4) is 0 Å². The first kappa shape index (κ1) is 23.5. The zero-order valence-corrected chi connectivity index (χ0v) is 19.6. The number of nitrogens with one attached hydrogen (secondary N) is 1. The number of sulfonamides is 1. The molecule has 3 rings (SSSR count). The van der Waals surface area contributed by atoms with E-state index in [1.807, 2.05) is 26.8 Å². The lowest BCUT2D eigenvalue weighted by atomic mass is 10.1. The fourth-order valence-corrected chi connectivity index (χ4v) is 4.78. The van der Waals surface area contributed by atoms with E-state index in [0.29, 0.717) is 16.3 Å². The summed E-state index contributed by atoms with van der Waals surface area (Å²) in [6.07, 6.45) is 1.44. The second kappa shape index (κ2) is 9.97. The number of amides is 1. The van der Waals surface area contributed by atoms with Crippen LogP contribution >= 0.6 is 11.6 Å². The Bertz CT molecular complexity index is 1240. The van der Waals surface area contributed by atoms with Crippen LogP contribution in [0.25, 0.3) is 0 Å². The molecule has 3 aromatic rings. The van der Waals surface area contributed by atoms with Crippen molar-refractivity contribution >= 4 is 39.4 Å². The molecule has 0 aliphatic carbocycles. The van der Waals surface area contributed by atoms with Crippen molar-refractivity contribution in [3.63, 3.8) is 0 Å². The molecule has 8 heteroatoms. The molecular formula is C24H24ClN3O3S. The van der Waals surface area contributed by atoms with Crippen molar-refractivity contribution in [1.29, 1.82) is 0 Å². The number of aryl methyl sites for hydroxylation is 3. The van der Waals surface area contributed by atoms with Gasteiger partial charge in [-0.15, -0.1) is 0 Å². The van der Waals surface area contributed by atoms with Crippen molar-refractivity contribution < 1.29 is 13.2 Å². The number of anilines is 1. The van der Waals surface area contributed by atoms with Crippen LogP contribution in [-0.2, 0) is 14.8 Å². The van der Waals surface area contributed by atoms with Gasteiger partial charge in [0.05, 0.1) is 16.8 Å². The maximum Gasteiger partial charge on any atom is 0.264 e. The summed E-state index contributed by atoms with van der Waals surface area (Å²) in [6.45, 7) is 5.21. The van der Waals surface area contributed by atoms with Crippen molar-refractivity contribution in [2.45, 2.75) is 25.7 Å². The zero-order valence-electron chi connectivity index (χ0n) is 18.0. The molecule has 0 bridgehead atoms. The molecule has 0 unspecified atom stereocenters. The summed E-state index contributed by atoms with van der Waals surface area (Å²) in [5.74, 6) is -0.571. The molecule has 0 spiro atoms. The van der Waals surface area contributed by atoms with Crippen LogP contribution in [0.2, 0.25) is 5.02 Å². The van der Waals surface area contributed by atoms with Crippen molar-refractivity contribution in [1.82, 2.24) is 5.43 Å². The molecule has 1 N–H and O–H groups in total. The average Bonchev–Trinajstić information content (AvgIpc) is 2.71. The normalized spacial score (nSPS) is 11.5. The minimum absolute atomic E-state index is 0.109. The molecule has 0 atom stereocenters. The van der Waals surface area contributed by atoms with Gasteiger partial charge >= 0.3 is 0 Å². The third-order valence-electron chi connectivity index (χ3n) is 4.64. The molecule has 0 aliphatic rings. The number of carbonyl (C=O) groups excluding carboxylic acids is 1. The molecule has 166 valence electrons. The van der Waals surface area contributed by atoms with Crippen LogP contribution in [-0.4, -0.2) is 27.1 Å². The molecule has 0 radical (unpaired) electrons. The van der Waals surface area contributed by atoms with Crippen LogP contribution in [0.1, 0.15) is 22.3 Å². The Morgan fingerprint density at radius 2 is 1.62 bits per heavy atom. The predicted molar refractivity (Wildman–Crippen MR) is 129 cm³/mol. The maximum atomic E-state index is 13.4. The molecule has 0 aromatic heterocycles. The lowest BCUT2D eigenvalue weighted by molar-refractivity contribution is -0.119. The summed E-state index contributed by atoms with van der Waals surface area (Å²) in [7, 11) is -3.98. The van der Waals surface area contributed by atoms with E-state index in [1.54, 1.807) is 48.5 Å². The predicted octanol–water partition coefficient (Wildman–Crippen LogP) is 4.61. The quantitative estimate of drug-likeness (QED) is 0.405. The van der Waals surface area contributed by atoms with Crippen molar-refractivity contribution in [3.8, 4) is 0 Å². The molecule has 3 aromatic carbocycles. The number of benzene rings is 3. The van der Waals surface area contributed by atoms with Gasteiger partial charge in [0.15, 0.2) is 0 Å². The van der Waals surface area contributed by atoms with Crippen molar-refractivity contribution in [2.24, 2.45) is 5.10 Å². The van der Waals surface area contributed by atoms with E-state index in [9.17, 15) is 13.2 Å². The first-order valence-electron chi connectivity index (χ1n) is 9.90. The minimum atomic E-state index is -3.98. The van der Waals surface area contributed by atoms with E-state index < -0.39 is 22.5 Å². The van der Waals surface area contributed by atoms with Crippen LogP contribution in [0.15, 0.2) is 76.7 Å². The Morgan fingerprint density at radius 1 is 0.969 bits per heavy atom. The smallest absolute Gasteiger partial charge is 0.264 e. The van der Waals surface area contributed by atoms with Crippen LogP contribution < -0.4 is 9.73 Å². The van der Waals surface area contributed by atoms with Gasteiger partial charge in [-0.25, -0.2) is 13.8 Å². The molecular weight excluding hydrogens is 446 g/mol. The van der Waals surface area contributed by atoms with Gasteiger partial charge in [0.25, 0.3) is 15.9 Å². The number of nitrogens with zero attached hydrogens (tertiary/aromatic N) is 2. The number of carbonyl (C=O) groups is 1. The van der Waals surface area contributed by atoms with Gasteiger partial charge in [-0.05, 0) is 73.9 Å². The van der Waals surface area contributed by atoms with Crippen LogP contribution in [0.5, 0.6) is 0 Å². The first-order chi connectivity index (χ1) is 15.1. The zero-order chi connectivity index (χ0) is 23.3. The molecule has 1 amide bonds. The Labute approximate surface area is 193 Å². The third-order valence-corrected chi connectivity index (χ3v) is 6.67. The lowest BCUT2D eigenvalue weighted by Crippen LogP contribution is -2.39. The molecule has 0 heterocycles. The topological polar surface area (TPSA) is 78.8 Å². The van der Waals surface area contributed by atoms with E-state index in [1.165, 1.54) is 18.3 Å². The highest BCUT2D eigenvalue weighted by atomic mass is 35.5. The number of halogens is 1. The number of hydrogen-bond donors (Lipinski definition) is 1. The Balaban J connectivity index is 1.88. The van der Waals surface area contributed by atoms with Crippen LogP contribution in [0.4, 0.5) is 5.69 Å². The summed E-state index contributed by atoms with van der Waals surface area (Å²) in [6, 6.07) is 18.9. The highest BCUT2D eigenvalue weighted by molar-refractivity contribution is 7.92. The molecule has 0 fully saturated rings. The summed E-state index contributed by atoms with van der Waals surface area (Å²) in [4.78, 5) is 12.7. The first-order valence-corrected chi connectivity index (χ1v) is 11.7. The average molecular weight is 470 g/mol. The Kier molecular flexibility index (Phi) is 7.33. The summed E-state index contributed by atoms with van der Waals surface area (Å²) >= 11 is 5.94. The number of rotatable bonds is 7. The van der Waals surface area contributed by atoms with E-state index in [2.05, 4.69) is 10.5 Å². The standard InChI is InChI=1S/C24H24ClN3O3S/c1-17-7-9-23(10-8-17)32(30,31)28(22-12-18(2)11-19(3)13-22)16-24(29)27-26-15-20-5-4-6-21(25)14-20/h4-15H,16H2,1-3H3,(H,27,29)/b26-15-. The molecule has 0 saturated heterocycles. The Hall–Kier alpha value is -3.16. The second-order valence-corrected chi connectivity index (χ2v) is 9.82. The fraction of sp³-hybridized carbons (Fsp3) is 0.167.